The third kappa shape index (κ3) is 3.48. The van der Waals surface area contributed by atoms with Crippen molar-refractivity contribution in [3.05, 3.63) is 30.1 Å². The van der Waals surface area contributed by atoms with Crippen molar-refractivity contribution in [3.63, 3.8) is 0 Å². The zero-order valence-electron chi connectivity index (χ0n) is 11.8. The zero-order chi connectivity index (χ0) is 14.6. The van der Waals surface area contributed by atoms with E-state index in [2.05, 4.69) is 6.92 Å². The second-order valence-corrected chi connectivity index (χ2v) is 5.61. The quantitative estimate of drug-likeness (QED) is 0.894. The largest absolute Gasteiger partial charge is 0.490 e. The number of carbonyl (C=O) groups excluding carboxylic acids is 1. The van der Waals surface area contributed by atoms with Crippen molar-refractivity contribution < 1.29 is 13.9 Å². The lowest BCUT2D eigenvalue weighted by Crippen LogP contribution is -2.35. The van der Waals surface area contributed by atoms with Crippen LogP contribution in [0.4, 0.5) is 4.39 Å². The van der Waals surface area contributed by atoms with Crippen LogP contribution in [0, 0.1) is 11.2 Å². The van der Waals surface area contributed by atoms with Gasteiger partial charge in [0.15, 0.2) is 11.6 Å². The fraction of sp³-hybridized carbons (Fsp3) is 0.533. The lowest BCUT2D eigenvalue weighted by Gasteiger charge is -2.22. The fourth-order valence-corrected chi connectivity index (χ4v) is 2.37. The van der Waals surface area contributed by atoms with Gasteiger partial charge in [0.25, 0.3) is 0 Å². The van der Waals surface area contributed by atoms with E-state index in [-0.39, 0.29) is 30.1 Å². The Bertz CT molecular complexity index is 481. The molecule has 1 aromatic carbocycles. The molecule has 2 N–H and O–H groups in total. The molecule has 20 heavy (non-hydrogen) atoms. The van der Waals surface area contributed by atoms with Gasteiger partial charge in [-0.15, -0.1) is 0 Å². The van der Waals surface area contributed by atoms with Crippen LogP contribution in [0.1, 0.15) is 19.8 Å². The number of ether oxygens (including phenoxy) is 1. The number of halogens is 1. The van der Waals surface area contributed by atoms with Gasteiger partial charge in [0.2, 0.25) is 5.91 Å². The van der Waals surface area contributed by atoms with Crippen LogP contribution < -0.4 is 10.5 Å². The maximum Gasteiger partial charge on any atom is 0.226 e. The topological polar surface area (TPSA) is 55.6 Å². The van der Waals surface area contributed by atoms with E-state index in [4.69, 9.17) is 10.5 Å². The summed E-state index contributed by atoms with van der Waals surface area (Å²) in [5.74, 6) is -0.177. The predicted octanol–water partition coefficient (Wildman–Crippen LogP) is 1.79. The van der Waals surface area contributed by atoms with Gasteiger partial charge in [0, 0.05) is 13.1 Å². The Morgan fingerprint density at radius 1 is 1.50 bits per heavy atom. The molecule has 1 aliphatic heterocycles. The fourth-order valence-electron chi connectivity index (χ4n) is 2.37. The summed E-state index contributed by atoms with van der Waals surface area (Å²) < 4.78 is 18.6. The van der Waals surface area contributed by atoms with Gasteiger partial charge in [0.05, 0.1) is 13.0 Å². The highest BCUT2D eigenvalue weighted by molar-refractivity contribution is 5.76. The van der Waals surface area contributed by atoms with Crippen molar-refractivity contribution in [2.45, 2.75) is 19.8 Å². The lowest BCUT2D eigenvalue weighted by molar-refractivity contribution is -0.131. The Morgan fingerprint density at radius 3 is 2.90 bits per heavy atom. The molecule has 0 aliphatic carbocycles. The molecule has 4 nitrogen and oxygen atoms in total. The van der Waals surface area contributed by atoms with Gasteiger partial charge < -0.3 is 15.4 Å². The Morgan fingerprint density at radius 2 is 2.25 bits per heavy atom. The molecule has 1 saturated heterocycles. The number of nitrogens with two attached hydrogens (primary N) is 1. The Balaban J connectivity index is 1.78. The van der Waals surface area contributed by atoms with Crippen molar-refractivity contribution >= 4 is 5.91 Å². The standard InChI is InChI=1S/C15H21FN2O2/c1-15(10-17)7-8-18(11-15)14(19)6-9-20-13-5-3-2-4-12(13)16/h2-5H,6-11,17H2,1H3. The number of benzene rings is 1. The number of hydrogen-bond donors (Lipinski definition) is 1. The normalized spacial score (nSPS) is 22.1. The Kier molecular flexibility index (Phi) is 4.60. The highest BCUT2D eigenvalue weighted by Crippen LogP contribution is 2.28. The first-order chi connectivity index (χ1) is 9.54. The van der Waals surface area contributed by atoms with Crippen molar-refractivity contribution in [1.29, 1.82) is 0 Å². The van der Waals surface area contributed by atoms with E-state index in [1.165, 1.54) is 6.07 Å². The third-order valence-corrected chi connectivity index (χ3v) is 3.81. The molecule has 1 heterocycles. The molecule has 110 valence electrons. The van der Waals surface area contributed by atoms with Crippen LogP contribution in [-0.4, -0.2) is 37.0 Å². The summed E-state index contributed by atoms with van der Waals surface area (Å²) in [4.78, 5) is 13.9. The molecule has 1 aliphatic rings. The van der Waals surface area contributed by atoms with E-state index in [9.17, 15) is 9.18 Å². The molecule has 0 bridgehead atoms. The second-order valence-electron chi connectivity index (χ2n) is 5.61. The molecule has 1 aromatic rings. The van der Waals surface area contributed by atoms with Gasteiger partial charge >= 0.3 is 0 Å². The Hall–Kier alpha value is -1.62. The number of para-hydroxylation sites is 1. The predicted molar refractivity (Wildman–Crippen MR) is 74.9 cm³/mol. The third-order valence-electron chi connectivity index (χ3n) is 3.81. The first kappa shape index (κ1) is 14.8. The summed E-state index contributed by atoms with van der Waals surface area (Å²) >= 11 is 0. The molecule has 0 spiro atoms. The van der Waals surface area contributed by atoms with E-state index in [1.54, 1.807) is 18.2 Å². The number of carbonyl (C=O) groups is 1. The molecule has 2 rings (SSSR count). The van der Waals surface area contributed by atoms with E-state index in [0.29, 0.717) is 13.1 Å². The van der Waals surface area contributed by atoms with Crippen molar-refractivity contribution in [2.24, 2.45) is 11.1 Å². The molecule has 1 amide bonds. The van der Waals surface area contributed by atoms with Gasteiger partial charge in [-0.25, -0.2) is 4.39 Å². The van der Waals surface area contributed by atoms with Crippen LogP contribution in [0.5, 0.6) is 5.75 Å². The van der Waals surface area contributed by atoms with Crippen LogP contribution in [-0.2, 0) is 4.79 Å². The average molecular weight is 280 g/mol. The summed E-state index contributed by atoms with van der Waals surface area (Å²) in [5, 5.41) is 0. The molecule has 1 fully saturated rings. The second kappa shape index (κ2) is 6.22. The Labute approximate surface area is 118 Å². The van der Waals surface area contributed by atoms with Gasteiger partial charge in [-0.3, -0.25) is 4.79 Å². The molecular formula is C15H21FN2O2. The summed E-state index contributed by atoms with van der Waals surface area (Å²) in [7, 11) is 0. The van der Waals surface area contributed by atoms with Gasteiger partial charge in [-0.2, -0.15) is 0 Å². The summed E-state index contributed by atoms with van der Waals surface area (Å²) in [5.41, 5.74) is 5.75. The van der Waals surface area contributed by atoms with Crippen LogP contribution >= 0.6 is 0 Å². The SMILES string of the molecule is CC1(CN)CCN(C(=O)CCOc2ccccc2F)C1. The minimum Gasteiger partial charge on any atom is -0.490 e. The van der Waals surface area contributed by atoms with Crippen LogP contribution in [0.3, 0.4) is 0 Å². The number of amides is 1. The van der Waals surface area contributed by atoms with Gasteiger partial charge in [-0.1, -0.05) is 19.1 Å². The highest BCUT2D eigenvalue weighted by atomic mass is 19.1. The molecule has 0 radical (unpaired) electrons. The first-order valence-electron chi connectivity index (χ1n) is 6.89. The highest BCUT2D eigenvalue weighted by Gasteiger charge is 2.34. The molecule has 1 unspecified atom stereocenters. The first-order valence-corrected chi connectivity index (χ1v) is 6.89. The molecular weight excluding hydrogens is 259 g/mol. The zero-order valence-corrected chi connectivity index (χ0v) is 11.8. The van der Waals surface area contributed by atoms with Gasteiger partial charge in [-0.05, 0) is 30.5 Å². The lowest BCUT2D eigenvalue weighted by atomic mass is 9.90. The van der Waals surface area contributed by atoms with Crippen molar-refractivity contribution in [3.8, 4) is 5.75 Å². The maximum absolute atomic E-state index is 13.3. The van der Waals surface area contributed by atoms with Crippen molar-refractivity contribution in [2.75, 3.05) is 26.2 Å². The summed E-state index contributed by atoms with van der Waals surface area (Å²) in [6, 6.07) is 6.20. The molecule has 1 atom stereocenters. The minimum atomic E-state index is -0.406. The monoisotopic (exact) mass is 280 g/mol. The van der Waals surface area contributed by atoms with E-state index in [1.807, 2.05) is 4.90 Å². The minimum absolute atomic E-state index is 0.0298. The van der Waals surface area contributed by atoms with Crippen LogP contribution in [0.2, 0.25) is 0 Å². The maximum atomic E-state index is 13.3. The number of rotatable bonds is 5. The van der Waals surface area contributed by atoms with E-state index in [0.717, 1.165) is 13.0 Å². The van der Waals surface area contributed by atoms with E-state index >= 15 is 0 Å². The summed E-state index contributed by atoms with van der Waals surface area (Å²) in [6.07, 6.45) is 1.19. The smallest absolute Gasteiger partial charge is 0.226 e. The molecule has 0 saturated carbocycles. The number of nitrogens with zero attached hydrogens (tertiary/aromatic N) is 1. The molecule has 0 aromatic heterocycles. The van der Waals surface area contributed by atoms with Crippen LogP contribution in [0.15, 0.2) is 24.3 Å². The molecule has 5 heteroatoms. The van der Waals surface area contributed by atoms with Crippen molar-refractivity contribution in [1.82, 2.24) is 4.90 Å². The average Bonchev–Trinajstić information content (AvgIpc) is 2.84. The summed E-state index contributed by atoms with van der Waals surface area (Å²) in [6.45, 7) is 4.31. The number of hydrogen-bond acceptors (Lipinski definition) is 3. The number of likely N-dealkylation sites (tertiary alicyclic amines) is 1. The van der Waals surface area contributed by atoms with E-state index < -0.39 is 5.82 Å². The van der Waals surface area contributed by atoms with Gasteiger partial charge in [0.1, 0.15) is 0 Å². The van der Waals surface area contributed by atoms with Crippen LogP contribution in [0.25, 0.3) is 0 Å².